The van der Waals surface area contributed by atoms with Crippen molar-refractivity contribution in [3.05, 3.63) is 0 Å². The van der Waals surface area contributed by atoms with Crippen LogP contribution in [0.15, 0.2) is 0 Å². The molecule has 1 aliphatic rings. The summed E-state index contributed by atoms with van der Waals surface area (Å²) in [6.45, 7) is 19.9. The van der Waals surface area contributed by atoms with Crippen molar-refractivity contribution in [2.75, 3.05) is 0 Å². The van der Waals surface area contributed by atoms with Crippen LogP contribution in [0.3, 0.4) is 0 Å². The molecule has 0 saturated carbocycles. The predicted octanol–water partition coefficient (Wildman–Crippen LogP) is 3.53. The van der Waals surface area contributed by atoms with Gasteiger partial charge >= 0.3 is 35.6 Å². The summed E-state index contributed by atoms with van der Waals surface area (Å²) in [6, 6.07) is 0. The Hall–Kier alpha value is 0.0847. The van der Waals surface area contributed by atoms with Gasteiger partial charge in [-0.05, 0) is 29.1 Å². The minimum atomic E-state index is -0.868. The van der Waals surface area contributed by atoms with Crippen LogP contribution in [0, 0.1) is 0 Å². The zero-order valence-corrected chi connectivity index (χ0v) is 18.3. The summed E-state index contributed by atoms with van der Waals surface area (Å²) in [7, 11) is -2.16. The van der Waals surface area contributed by atoms with Crippen LogP contribution in [0.4, 0.5) is 0 Å². The quantitative estimate of drug-likeness (QED) is 0.670. The lowest BCUT2D eigenvalue weighted by molar-refractivity contribution is 0.261. The Morgan fingerprint density at radius 2 is 0.808 bits per heavy atom. The van der Waals surface area contributed by atoms with Gasteiger partial charge < -0.3 is 28.3 Å². The summed E-state index contributed by atoms with van der Waals surface area (Å²) in [5.74, 6) is 1.11. The van der Waals surface area contributed by atoms with Gasteiger partial charge in [-0.1, -0.05) is 69.2 Å². The number of rotatable bonds is 7. The Bertz CT molecular complexity index is 321. The lowest BCUT2D eigenvalue weighted by Gasteiger charge is -2.35. The van der Waals surface area contributed by atoms with E-state index >= 15 is 0 Å². The van der Waals surface area contributed by atoms with Gasteiger partial charge in [-0.15, -0.1) is 0 Å². The highest BCUT2D eigenvalue weighted by Crippen LogP contribution is 2.27. The second-order valence-corrected chi connectivity index (χ2v) is 8.65. The normalized spacial score (nSPS) is 15.3. The molecule has 0 bridgehead atoms. The molecule has 0 aromatic heterocycles. The molecule has 1 fully saturated rings. The van der Waals surface area contributed by atoms with Gasteiger partial charge in [0, 0.05) is 0 Å². The molecule has 0 spiro atoms. The Morgan fingerprint density at radius 1 is 0.577 bits per heavy atom. The molecule has 2 N–H and O–H groups in total. The SMILES string of the molecule is CC(C)B(O)OB(O)C(C)C.CC(C)B1OB(C(C)C)OB(C(C)C)O1. The van der Waals surface area contributed by atoms with Gasteiger partial charge in [-0.2, -0.15) is 0 Å². The Labute approximate surface area is 162 Å². The second kappa shape index (κ2) is 12.5. The molecule has 1 saturated heterocycles. The molecule has 0 aliphatic carbocycles. The predicted molar refractivity (Wildman–Crippen MR) is 113 cm³/mol. The average Bonchev–Trinajstić information content (AvgIpc) is 2.54. The summed E-state index contributed by atoms with van der Waals surface area (Å²) >= 11 is 0. The van der Waals surface area contributed by atoms with E-state index in [0.717, 1.165) is 0 Å². The molecule has 148 valence electrons. The summed E-state index contributed by atoms with van der Waals surface area (Å²) < 4.78 is 22.1. The first-order chi connectivity index (χ1) is 11.9. The fourth-order valence-corrected chi connectivity index (χ4v) is 1.89. The van der Waals surface area contributed by atoms with Crippen molar-refractivity contribution in [1.82, 2.24) is 0 Å². The van der Waals surface area contributed by atoms with E-state index in [0.29, 0.717) is 17.5 Å². The van der Waals surface area contributed by atoms with Crippen LogP contribution in [0.1, 0.15) is 69.2 Å². The highest BCUT2D eigenvalue weighted by Gasteiger charge is 2.44. The highest BCUT2D eigenvalue weighted by molar-refractivity contribution is 6.75. The van der Waals surface area contributed by atoms with E-state index in [1.807, 2.05) is 27.7 Å². The van der Waals surface area contributed by atoms with E-state index in [4.69, 9.17) is 28.3 Å². The van der Waals surface area contributed by atoms with Crippen molar-refractivity contribution < 1.29 is 28.3 Å². The van der Waals surface area contributed by atoms with E-state index in [9.17, 15) is 0 Å². The summed E-state index contributed by atoms with van der Waals surface area (Å²) in [5, 5.41) is 18.3. The van der Waals surface area contributed by atoms with Crippen LogP contribution in [0.2, 0.25) is 29.1 Å². The molecule has 1 aliphatic heterocycles. The van der Waals surface area contributed by atoms with Gasteiger partial charge in [0.15, 0.2) is 0 Å². The van der Waals surface area contributed by atoms with E-state index in [1.165, 1.54) is 0 Å². The molecule has 0 aromatic rings. The van der Waals surface area contributed by atoms with Crippen molar-refractivity contribution >= 4 is 35.6 Å². The molecule has 0 amide bonds. The van der Waals surface area contributed by atoms with Crippen molar-refractivity contribution in [2.45, 2.75) is 98.3 Å². The highest BCUT2D eigenvalue weighted by atomic mass is 16.7. The largest absolute Gasteiger partial charge is 0.452 e. The van der Waals surface area contributed by atoms with E-state index < -0.39 is 14.2 Å². The Morgan fingerprint density at radius 3 is 0.962 bits per heavy atom. The maximum Gasteiger partial charge on any atom is 0.443 e. The number of hydrogen-bond donors (Lipinski definition) is 2. The third kappa shape index (κ3) is 9.86. The zero-order chi connectivity index (χ0) is 20.6. The van der Waals surface area contributed by atoms with Gasteiger partial charge in [0.2, 0.25) is 0 Å². The van der Waals surface area contributed by atoms with Gasteiger partial charge in [0.05, 0.1) is 0 Å². The minimum Gasteiger partial charge on any atom is -0.452 e. The molecule has 0 radical (unpaired) electrons. The zero-order valence-electron chi connectivity index (χ0n) is 18.3. The standard InChI is InChI=1S/C9H21B3O3.C6H16B2O3/c1-7(2)10-13-11(8(3)4)15-12(14-10)9(5)6;1-5(2)7(9)11-8(10)6(3)4/h7-9H,1-6H3;5-6,9-10H,1-4H3. The Kier molecular flexibility index (Phi) is 12.6. The van der Waals surface area contributed by atoms with Crippen LogP contribution >= 0.6 is 0 Å². The molecule has 0 atom stereocenters. The summed E-state index contributed by atoms with van der Waals surface area (Å²) in [4.78, 5) is 0. The van der Waals surface area contributed by atoms with Gasteiger partial charge in [-0.3, -0.25) is 0 Å². The van der Waals surface area contributed by atoms with E-state index in [1.54, 1.807) is 0 Å². The topological polar surface area (TPSA) is 77.4 Å². The molecule has 0 unspecified atom stereocenters. The third-order valence-corrected chi connectivity index (χ3v) is 3.86. The van der Waals surface area contributed by atoms with Gasteiger partial charge in [0.25, 0.3) is 0 Å². The lowest BCUT2D eigenvalue weighted by Crippen LogP contribution is -2.52. The maximum absolute atomic E-state index is 9.16. The van der Waals surface area contributed by atoms with Crippen LogP contribution in [0.5, 0.6) is 0 Å². The number of hydrogen-bond acceptors (Lipinski definition) is 6. The van der Waals surface area contributed by atoms with Crippen molar-refractivity contribution in [2.24, 2.45) is 0 Å². The fraction of sp³-hybridized carbons (Fsp3) is 1.00. The summed E-state index contributed by atoms with van der Waals surface area (Å²) in [6.07, 6.45) is 0. The fourth-order valence-electron chi connectivity index (χ4n) is 1.89. The second-order valence-electron chi connectivity index (χ2n) is 8.65. The molecule has 1 heterocycles. The van der Waals surface area contributed by atoms with Crippen LogP contribution in [0.25, 0.3) is 0 Å². The first kappa shape index (κ1) is 26.1. The van der Waals surface area contributed by atoms with Crippen molar-refractivity contribution in [1.29, 1.82) is 0 Å². The monoisotopic (exact) mass is 368 g/mol. The smallest absolute Gasteiger partial charge is 0.443 e. The maximum atomic E-state index is 9.16. The molecule has 11 heteroatoms. The molecule has 6 nitrogen and oxygen atoms in total. The van der Waals surface area contributed by atoms with Crippen molar-refractivity contribution in [3.63, 3.8) is 0 Å². The van der Waals surface area contributed by atoms with Crippen LogP contribution in [-0.4, -0.2) is 45.6 Å². The molecule has 26 heavy (non-hydrogen) atoms. The van der Waals surface area contributed by atoms with E-state index in [2.05, 4.69) is 41.5 Å². The van der Waals surface area contributed by atoms with Gasteiger partial charge in [-0.25, -0.2) is 0 Å². The Balaban J connectivity index is 0.000000508. The van der Waals surface area contributed by atoms with Crippen LogP contribution in [-0.2, 0) is 18.3 Å². The third-order valence-electron chi connectivity index (χ3n) is 3.86. The van der Waals surface area contributed by atoms with Crippen LogP contribution < -0.4 is 0 Å². The molecular formula is C15H37B5O6. The van der Waals surface area contributed by atoms with Crippen molar-refractivity contribution in [3.8, 4) is 0 Å². The molecular weight excluding hydrogens is 330 g/mol. The average molecular weight is 368 g/mol. The van der Waals surface area contributed by atoms with E-state index in [-0.39, 0.29) is 33.0 Å². The summed E-state index contributed by atoms with van der Waals surface area (Å²) in [5.41, 5.74) is 0. The first-order valence-corrected chi connectivity index (χ1v) is 9.84. The van der Waals surface area contributed by atoms with Gasteiger partial charge in [0.1, 0.15) is 0 Å². The molecule has 0 aromatic carbocycles. The lowest BCUT2D eigenvalue weighted by atomic mass is 9.57. The molecule has 1 rings (SSSR count). The minimum absolute atomic E-state index is 0.0170. The first-order valence-electron chi connectivity index (χ1n) is 9.84.